The van der Waals surface area contributed by atoms with Gasteiger partial charge in [0, 0.05) is 42.5 Å². The summed E-state index contributed by atoms with van der Waals surface area (Å²) in [6.07, 6.45) is 6.37. The molecule has 2 aromatic carbocycles. The summed E-state index contributed by atoms with van der Waals surface area (Å²) < 4.78 is 24.4. The van der Waals surface area contributed by atoms with Crippen LogP contribution in [0.3, 0.4) is 0 Å². The molecule has 0 spiro atoms. The van der Waals surface area contributed by atoms with Crippen LogP contribution in [0.4, 0.5) is 11.5 Å². The quantitative estimate of drug-likeness (QED) is 0.425. The van der Waals surface area contributed by atoms with Crippen molar-refractivity contribution >= 4 is 44.8 Å². The predicted molar refractivity (Wildman–Crippen MR) is 152 cm³/mol. The fraction of sp³-hybridized carbons (Fsp3) is 0.345. The molecule has 1 aromatic heterocycles. The van der Waals surface area contributed by atoms with Gasteiger partial charge in [-0.2, -0.15) is 0 Å². The molecule has 3 aromatic rings. The number of piperidine rings is 1. The van der Waals surface area contributed by atoms with E-state index in [0.717, 1.165) is 31.9 Å². The van der Waals surface area contributed by atoms with E-state index < -0.39 is 15.7 Å². The van der Waals surface area contributed by atoms with Crippen molar-refractivity contribution in [1.82, 2.24) is 10.3 Å². The molecular formula is C29H31ClN4O4S. The largest absolute Gasteiger partial charge is 0.355 e. The van der Waals surface area contributed by atoms with E-state index in [1.165, 1.54) is 23.4 Å². The molecule has 204 valence electrons. The van der Waals surface area contributed by atoms with Gasteiger partial charge < -0.3 is 15.5 Å². The smallest absolute Gasteiger partial charge is 0.255 e. The van der Waals surface area contributed by atoms with Crippen molar-refractivity contribution in [2.24, 2.45) is 5.92 Å². The number of pyridine rings is 1. The van der Waals surface area contributed by atoms with Gasteiger partial charge in [0.25, 0.3) is 5.91 Å². The molecule has 39 heavy (non-hydrogen) atoms. The van der Waals surface area contributed by atoms with Crippen molar-refractivity contribution in [3.63, 3.8) is 0 Å². The number of anilines is 2. The van der Waals surface area contributed by atoms with Crippen molar-refractivity contribution in [3.05, 3.63) is 82.5 Å². The zero-order valence-corrected chi connectivity index (χ0v) is 23.3. The Balaban J connectivity index is 1.24. The number of fused-ring (bicyclic) bond motifs is 1. The van der Waals surface area contributed by atoms with Crippen LogP contribution in [-0.2, 0) is 21.1 Å². The summed E-state index contributed by atoms with van der Waals surface area (Å²) in [5.74, 6) is 0.396. The highest BCUT2D eigenvalue weighted by Crippen LogP contribution is 2.33. The lowest BCUT2D eigenvalue weighted by molar-refractivity contribution is -0.122. The molecule has 0 bridgehead atoms. The second kappa shape index (κ2) is 11.4. The van der Waals surface area contributed by atoms with E-state index in [1.54, 1.807) is 24.3 Å². The van der Waals surface area contributed by atoms with Crippen molar-refractivity contribution in [2.45, 2.75) is 43.0 Å². The lowest BCUT2D eigenvalue weighted by Gasteiger charge is -2.34. The normalized spacial score (nSPS) is 17.5. The fourth-order valence-corrected chi connectivity index (χ4v) is 6.15. The molecule has 1 saturated heterocycles. The fourth-order valence-electron chi connectivity index (χ4n) is 5.38. The number of carbonyl (C=O) groups is 2. The molecule has 2 amide bonds. The summed E-state index contributed by atoms with van der Waals surface area (Å²) in [4.78, 5) is 32.3. The molecule has 2 N–H and O–H groups in total. The Labute approximate surface area is 233 Å². The van der Waals surface area contributed by atoms with E-state index in [2.05, 4.69) is 27.8 Å². The Morgan fingerprint density at radius 3 is 2.56 bits per heavy atom. The van der Waals surface area contributed by atoms with Gasteiger partial charge in [-0.3, -0.25) is 9.59 Å². The zero-order chi connectivity index (χ0) is 27.6. The van der Waals surface area contributed by atoms with E-state index in [-0.39, 0.29) is 22.8 Å². The summed E-state index contributed by atoms with van der Waals surface area (Å²) in [6, 6.07) is 16.3. The van der Waals surface area contributed by atoms with Crippen LogP contribution in [0.15, 0.2) is 65.7 Å². The number of aryl methyl sites for hydroxylation is 1. The Hall–Kier alpha value is -3.43. The van der Waals surface area contributed by atoms with Crippen LogP contribution < -0.4 is 15.5 Å². The summed E-state index contributed by atoms with van der Waals surface area (Å²) in [5, 5.41) is 6.47. The number of nitrogens with one attached hydrogen (secondary N) is 2. The maximum atomic E-state index is 12.9. The van der Waals surface area contributed by atoms with Gasteiger partial charge in [-0.25, -0.2) is 13.4 Å². The molecular weight excluding hydrogens is 536 g/mol. The molecule has 0 saturated carbocycles. The molecule has 0 radical (unpaired) electrons. The second-order valence-electron chi connectivity index (χ2n) is 10.3. The van der Waals surface area contributed by atoms with Crippen LogP contribution in [0.5, 0.6) is 0 Å². The topological polar surface area (TPSA) is 108 Å². The van der Waals surface area contributed by atoms with Crippen LogP contribution in [-0.4, -0.2) is 44.6 Å². The number of aromatic nitrogens is 1. The van der Waals surface area contributed by atoms with Gasteiger partial charge in [0.1, 0.15) is 0 Å². The number of hydrogen-bond donors (Lipinski definition) is 2. The predicted octanol–water partition coefficient (Wildman–Crippen LogP) is 4.80. The number of amides is 2. The molecule has 1 atom stereocenters. The average Bonchev–Trinajstić information content (AvgIpc) is 3.31. The Bertz CT molecular complexity index is 1500. The molecule has 5 rings (SSSR count). The third kappa shape index (κ3) is 6.42. The molecule has 1 fully saturated rings. The monoisotopic (exact) mass is 566 g/mol. The first-order chi connectivity index (χ1) is 18.7. The van der Waals surface area contributed by atoms with Gasteiger partial charge >= 0.3 is 0 Å². The van der Waals surface area contributed by atoms with Gasteiger partial charge in [0.05, 0.1) is 16.6 Å². The first-order valence-electron chi connectivity index (χ1n) is 13.1. The first kappa shape index (κ1) is 27.1. The molecule has 1 aliphatic carbocycles. The van der Waals surface area contributed by atoms with Crippen LogP contribution in [0.1, 0.15) is 53.2 Å². The van der Waals surface area contributed by atoms with Gasteiger partial charge in [-0.1, -0.05) is 41.9 Å². The third-order valence-electron chi connectivity index (χ3n) is 7.46. The van der Waals surface area contributed by atoms with E-state index in [9.17, 15) is 18.0 Å². The van der Waals surface area contributed by atoms with Crippen LogP contribution in [0.2, 0.25) is 5.02 Å². The van der Waals surface area contributed by atoms with E-state index in [0.29, 0.717) is 41.6 Å². The van der Waals surface area contributed by atoms with Gasteiger partial charge in [0.15, 0.2) is 15.7 Å². The highest BCUT2D eigenvalue weighted by molar-refractivity contribution is 7.90. The van der Waals surface area contributed by atoms with Gasteiger partial charge in [0.2, 0.25) is 5.91 Å². The molecule has 2 heterocycles. The maximum Gasteiger partial charge on any atom is 0.255 e. The highest BCUT2D eigenvalue weighted by atomic mass is 35.5. The number of rotatable bonds is 7. The Morgan fingerprint density at radius 1 is 1.05 bits per heavy atom. The molecule has 2 aliphatic rings. The SMILES string of the molecule is CS(=O)(=O)c1cnc(N2CCC(CC(=O)N[C@H]3CCc4ccccc43)CC2)c(NC(=O)c2cccc(Cl)c2)c1. The van der Waals surface area contributed by atoms with E-state index in [1.807, 2.05) is 17.0 Å². The number of carbonyl (C=O) groups excluding carboxylic acids is 2. The average molecular weight is 567 g/mol. The van der Waals surface area contributed by atoms with Crippen molar-refractivity contribution in [3.8, 4) is 0 Å². The minimum absolute atomic E-state index is 0.0210. The second-order valence-corrected chi connectivity index (χ2v) is 12.7. The molecule has 1 aliphatic heterocycles. The summed E-state index contributed by atoms with van der Waals surface area (Å²) in [7, 11) is -3.53. The number of sulfone groups is 1. The van der Waals surface area contributed by atoms with Gasteiger partial charge in [-0.15, -0.1) is 0 Å². The number of hydrogen-bond acceptors (Lipinski definition) is 6. The minimum atomic E-state index is -3.53. The molecule has 0 unspecified atom stereocenters. The highest BCUT2D eigenvalue weighted by Gasteiger charge is 2.28. The van der Waals surface area contributed by atoms with Crippen molar-refractivity contribution in [2.75, 3.05) is 29.6 Å². The Kier molecular flexibility index (Phi) is 7.91. The van der Waals surface area contributed by atoms with Crippen LogP contribution in [0, 0.1) is 5.92 Å². The van der Waals surface area contributed by atoms with E-state index in [4.69, 9.17) is 11.6 Å². The third-order valence-corrected chi connectivity index (χ3v) is 8.78. The van der Waals surface area contributed by atoms with Gasteiger partial charge in [-0.05, 0) is 67.0 Å². The summed E-state index contributed by atoms with van der Waals surface area (Å²) in [6.45, 7) is 1.27. The number of nitrogens with zero attached hydrogens (tertiary/aromatic N) is 2. The number of halogens is 1. The van der Waals surface area contributed by atoms with Crippen molar-refractivity contribution in [1.29, 1.82) is 0 Å². The summed E-state index contributed by atoms with van der Waals surface area (Å²) in [5.41, 5.74) is 3.20. The van der Waals surface area contributed by atoms with Crippen LogP contribution in [0.25, 0.3) is 0 Å². The standard InChI is InChI=1S/C29H31ClN4O4S/c1-39(37,38)23-17-26(33-29(36)21-6-4-7-22(30)16-21)28(31-18-23)34-13-11-19(12-14-34)15-27(35)32-25-10-9-20-5-2-3-8-24(20)25/h2-8,16-19,25H,9-15H2,1H3,(H,32,35)(H,33,36)/t25-/m0/s1. The molecule has 8 nitrogen and oxygen atoms in total. The van der Waals surface area contributed by atoms with E-state index >= 15 is 0 Å². The lowest BCUT2D eigenvalue weighted by atomic mass is 9.93. The minimum Gasteiger partial charge on any atom is -0.355 e. The lowest BCUT2D eigenvalue weighted by Crippen LogP contribution is -2.37. The maximum absolute atomic E-state index is 12.9. The van der Waals surface area contributed by atoms with Crippen molar-refractivity contribution < 1.29 is 18.0 Å². The first-order valence-corrected chi connectivity index (χ1v) is 15.3. The zero-order valence-electron chi connectivity index (χ0n) is 21.7. The van der Waals surface area contributed by atoms with Crippen LogP contribution >= 0.6 is 11.6 Å². The molecule has 10 heteroatoms. The summed E-state index contributed by atoms with van der Waals surface area (Å²) >= 11 is 6.04. The number of benzene rings is 2. The Morgan fingerprint density at radius 2 is 1.82 bits per heavy atom.